The number of hydrogen-bond donors (Lipinski definition) is 4. The van der Waals surface area contributed by atoms with Crippen LogP contribution in [0.2, 0.25) is 5.02 Å². The monoisotopic (exact) mass is 428 g/mol. The van der Waals surface area contributed by atoms with Gasteiger partial charge in [-0.1, -0.05) is 29.3 Å². The summed E-state index contributed by atoms with van der Waals surface area (Å²) in [5.74, 6) is 0.957. The van der Waals surface area contributed by atoms with Crippen LogP contribution in [0.5, 0.6) is 11.5 Å². The van der Waals surface area contributed by atoms with E-state index in [1.165, 1.54) is 18.3 Å². The highest BCUT2D eigenvalue weighted by molar-refractivity contribution is 7.85. The topological polar surface area (TPSA) is 156 Å². The number of nitrogens with two attached hydrogens (primary N) is 1. The average Bonchev–Trinajstić information content (AvgIpc) is 3.09. The first-order valence-electron chi connectivity index (χ1n) is 7.60. The third-order valence-electron chi connectivity index (χ3n) is 3.29. The number of hydroxylamine groups is 1. The summed E-state index contributed by atoms with van der Waals surface area (Å²) in [5.41, 5.74) is 8.36. The van der Waals surface area contributed by atoms with Crippen molar-refractivity contribution in [2.45, 2.75) is 11.8 Å². The Labute approximate surface area is 166 Å². The molecule has 0 aliphatic carbocycles. The van der Waals surface area contributed by atoms with Gasteiger partial charge in [-0.25, -0.2) is 5.48 Å². The predicted octanol–water partition coefficient (Wildman–Crippen LogP) is 1.94. The number of aryl methyl sites for hydroxylation is 1. The van der Waals surface area contributed by atoms with E-state index in [1.807, 2.05) is 6.92 Å². The van der Waals surface area contributed by atoms with E-state index in [0.29, 0.717) is 22.1 Å². The summed E-state index contributed by atoms with van der Waals surface area (Å²) in [6, 6.07) is 9.29. The molecule has 0 unspecified atom stereocenters. The highest BCUT2D eigenvalue weighted by Crippen LogP contribution is 2.36. The molecule has 150 valence electrons. The number of fused-ring (bicyclic) bond motifs is 1. The molecule has 1 aliphatic heterocycles. The van der Waals surface area contributed by atoms with Crippen LogP contribution in [0, 0.1) is 6.92 Å². The second-order valence-electron chi connectivity index (χ2n) is 5.36. The zero-order valence-corrected chi connectivity index (χ0v) is 16.1. The third kappa shape index (κ3) is 6.09. The molecule has 5 N–H and O–H groups in total. The fourth-order valence-corrected chi connectivity index (χ4v) is 2.60. The zero-order chi connectivity index (χ0) is 20.7. The number of nitrogens with one attached hydrogen (secondary N) is 1. The van der Waals surface area contributed by atoms with E-state index in [4.69, 9.17) is 36.6 Å². The molecule has 3 rings (SSSR count). The van der Waals surface area contributed by atoms with Gasteiger partial charge in [0.1, 0.15) is 0 Å². The molecule has 0 saturated heterocycles. The minimum atomic E-state index is -4.02. The number of hydrogen-bond acceptors (Lipinski definition) is 7. The lowest BCUT2D eigenvalue weighted by molar-refractivity contribution is 0.174. The number of guanidine groups is 1. The maximum Gasteiger partial charge on any atom is 0.294 e. The van der Waals surface area contributed by atoms with Gasteiger partial charge in [-0.15, -0.1) is 5.10 Å². The van der Waals surface area contributed by atoms with E-state index in [9.17, 15) is 8.42 Å². The standard InChI is InChI=1S/C9H9ClN4O3.C7H8O3S/c10-6-2-8-7(16-4-17-8)1-5(6)3-12-13-9(11)14-15;1-6-2-4-7(5-3-6)11(8,9)10/h1-3,15H,4H2,(H3,11,13,14);2-5H,1H3,(H,8,9,10). The minimum absolute atomic E-state index is 0.0666. The van der Waals surface area contributed by atoms with Crippen LogP contribution in [0.25, 0.3) is 0 Å². The van der Waals surface area contributed by atoms with Gasteiger partial charge < -0.3 is 15.2 Å². The van der Waals surface area contributed by atoms with Crippen LogP contribution in [-0.4, -0.2) is 37.1 Å². The molecule has 0 amide bonds. The molecule has 0 fully saturated rings. The maximum atomic E-state index is 10.5. The van der Waals surface area contributed by atoms with E-state index < -0.39 is 10.1 Å². The quantitative estimate of drug-likeness (QED) is 0.250. The number of halogens is 1. The summed E-state index contributed by atoms with van der Waals surface area (Å²) in [6.45, 7) is 2.01. The maximum absolute atomic E-state index is 10.5. The molecule has 28 heavy (non-hydrogen) atoms. The molecule has 0 atom stereocenters. The number of rotatable bonds is 3. The van der Waals surface area contributed by atoms with Crippen molar-refractivity contribution in [3.05, 3.63) is 52.5 Å². The Balaban J connectivity index is 0.000000221. The SMILES string of the molecule is Cc1ccc(S(=O)(=O)O)cc1.N/C(=N\N=Cc1cc2c(cc1Cl)OCO2)NO. The van der Waals surface area contributed by atoms with Crippen LogP contribution in [-0.2, 0) is 10.1 Å². The Morgan fingerprint density at radius 1 is 1.25 bits per heavy atom. The lowest BCUT2D eigenvalue weighted by atomic mass is 10.2. The molecule has 1 heterocycles. The molecular formula is C16H17ClN4O6S. The molecule has 0 bridgehead atoms. The van der Waals surface area contributed by atoms with E-state index in [-0.39, 0.29) is 17.6 Å². The van der Waals surface area contributed by atoms with E-state index in [0.717, 1.165) is 5.56 Å². The second-order valence-corrected chi connectivity index (χ2v) is 7.19. The summed E-state index contributed by atoms with van der Waals surface area (Å²) in [5, 5.41) is 15.9. The first-order valence-corrected chi connectivity index (χ1v) is 9.42. The molecule has 0 aromatic heterocycles. The Kier molecular flexibility index (Phi) is 7.18. The highest BCUT2D eigenvalue weighted by Gasteiger charge is 2.15. The van der Waals surface area contributed by atoms with Crippen molar-refractivity contribution in [2.24, 2.45) is 15.9 Å². The smallest absolute Gasteiger partial charge is 0.294 e. The van der Waals surface area contributed by atoms with E-state index in [1.54, 1.807) is 29.7 Å². The molecule has 0 spiro atoms. The summed E-state index contributed by atoms with van der Waals surface area (Å²) in [7, 11) is -4.02. The van der Waals surface area contributed by atoms with Crippen LogP contribution in [0.15, 0.2) is 51.5 Å². The van der Waals surface area contributed by atoms with Crippen molar-refractivity contribution in [3.8, 4) is 11.5 Å². The molecule has 10 nitrogen and oxygen atoms in total. The van der Waals surface area contributed by atoms with Gasteiger partial charge >= 0.3 is 0 Å². The second kappa shape index (κ2) is 9.37. The zero-order valence-electron chi connectivity index (χ0n) is 14.5. The van der Waals surface area contributed by atoms with E-state index in [2.05, 4.69) is 10.2 Å². The molecule has 2 aromatic carbocycles. The first-order chi connectivity index (χ1) is 13.2. The van der Waals surface area contributed by atoms with Crippen LogP contribution < -0.4 is 20.7 Å². The number of nitrogens with zero attached hydrogens (tertiary/aromatic N) is 2. The van der Waals surface area contributed by atoms with E-state index >= 15 is 0 Å². The molecule has 12 heteroatoms. The van der Waals surface area contributed by atoms with Gasteiger partial charge in [-0.2, -0.15) is 13.5 Å². The Hall–Kier alpha value is -2.86. The normalized spacial score (nSPS) is 13.2. The summed E-state index contributed by atoms with van der Waals surface area (Å²) >= 11 is 5.99. The van der Waals surface area contributed by atoms with Crippen molar-refractivity contribution in [1.29, 1.82) is 0 Å². The minimum Gasteiger partial charge on any atom is -0.454 e. The Morgan fingerprint density at radius 2 is 1.86 bits per heavy atom. The molecule has 0 saturated carbocycles. The van der Waals surface area contributed by atoms with Crippen LogP contribution in [0.4, 0.5) is 0 Å². The van der Waals surface area contributed by atoms with Gasteiger partial charge in [0.05, 0.1) is 16.1 Å². The lowest BCUT2D eigenvalue weighted by Crippen LogP contribution is -2.27. The van der Waals surface area contributed by atoms with Gasteiger partial charge in [-0.3, -0.25) is 9.76 Å². The fraction of sp³-hybridized carbons (Fsp3) is 0.125. The number of benzene rings is 2. The molecule has 0 radical (unpaired) electrons. The molecular weight excluding hydrogens is 412 g/mol. The lowest BCUT2D eigenvalue weighted by Gasteiger charge is -2.00. The van der Waals surface area contributed by atoms with Gasteiger partial charge in [0.25, 0.3) is 10.1 Å². The van der Waals surface area contributed by atoms with Crippen molar-refractivity contribution in [3.63, 3.8) is 0 Å². The molecule has 2 aromatic rings. The Bertz CT molecular complexity index is 993. The number of ether oxygens (including phenoxy) is 2. The highest BCUT2D eigenvalue weighted by atomic mass is 35.5. The van der Waals surface area contributed by atoms with Crippen molar-refractivity contribution < 1.29 is 27.7 Å². The largest absolute Gasteiger partial charge is 0.454 e. The fourth-order valence-electron chi connectivity index (χ4n) is 1.92. The Morgan fingerprint density at radius 3 is 2.43 bits per heavy atom. The van der Waals surface area contributed by atoms with Crippen LogP contribution in [0.3, 0.4) is 0 Å². The average molecular weight is 429 g/mol. The summed E-state index contributed by atoms with van der Waals surface area (Å²) in [6.07, 6.45) is 1.38. The summed E-state index contributed by atoms with van der Waals surface area (Å²) < 4.78 is 39.9. The van der Waals surface area contributed by atoms with Crippen LogP contribution >= 0.6 is 11.6 Å². The van der Waals surface area contributed by atoms with Gasteiger partial charge in [0.2, 0.25) is 12.8 Å². The molecule has 1 aliphatic rings. The van der Waals surface area contributed by atoms with Gasteiger partial charge in [0, 0.05) is 11.6 Å². The predicted molar refractivity (Wildman–Crippen MR) is 103 cm³/mol. The van der Waals surface area contributed by atoms with Gasteiger partial charge in [0.15, 0.2) is 11.5 Å². The first kappa shape index (κ1) is 21.4. The van der Waals surface area contributed by atoms with Crippen molar-refractivity contribution in [1.82, 2.24) is 5.48 Å². The summed E-state index contributed by atoms with van der Waals surface area (Å²) in [4.78, 5) is -0.0666. The van der Waals surface area contributed by atoms with Crippen molar-refractivity contribution >= 4 is 33.9 Å². The van der Waals surface area contributed by atoms with Crippen molar-refractivity contribution in [2.75, 3.05) is 6.79 Å². The van der Waals surface area contributed by atoms with Gasteiger partial charge in [-0.05, 0) is 25.1 Å². The third-order valence-corrected chi connectivity index (χ3v) is 4.48. The van der Waals surface area contributed by atoms with Crippen LogP contribution in [0.1, 0.15) is 11.1 Å².